The van der Waals surface area contributed by atoms with Gasteiger partial charge in [-0.15, -0.1) is 0 Å². The summed E-state index contributed by atoms with van der Waals surface area (Å²) >= 11 is 6.26. The summed E-state index contributed by atoms with van der Waals surface area (Å²) in [4.78, 5) is 7.94. The van der Waals surface area contributed by atoms with Crippen molar-refractivity contribution in [2.45, 2.75) is 0 Å². The number of rotatable bonds is 3. The molecule has 0 unspecified atom stereocenters. The van der Waals surface area contributed by atoms with Crippen molar-refractivity contribution >= 4 is 17.4 Å². The lowest BCUT2D eigenvalue weighted by atomic mass is 10.1. The number of hydrogen-bond donors (Lipinski definition) is 1. The van der Waals surface area contributed by atoms with Crippen LogP contribution in [0.15, 0.2) is 60.9 Å². The Morgan fingerprint density at radius 1 is 0.952 bits per heavy atom. The van der Waals surface area contributed by atoms with Gasteiger partial charge in [-0.25, -0.2) is 0 Å². The number of nitrogen functional groups attached to an aromatic ring is 1. The standard InChI is InChI=1S/C16H12ClN3O/c17-13-8-12(11-4-2-1-3-5-11)6-7-14(13)21-16-10-19-9-15(18)20-16/h1-10H,(H2,18,20). The average molecular weight is 298 g/mol. The van der Waals surface area contributed by atoms with Crippen LogP contribution in [0.1, 0.15) is 0 Å². The Hall–Kier alpha value is -2.59. The first-order valence-electron chi connectivity index (χ1n) is 6.33. The van der Waals surface area contributed by atoms with E-state index in [9.17, 15) is 0 Å². The van der Waals surface area contributed by atoms with Gasteiger partial charge in [0.05, 0.1) is 17.4 Å². The maximum Gasteiger partial charge on any atom is 0.239 e. The summed E-state index contributed by atoms with van der Waals surface area (Å²) in [6, 6.07) is 15.6. The Bertz CT molecular complexity index is 762. The number of anilines is 1. The van der Waals surface area contributed by atoms with Gasteiger partial charge in [-0.3, -0.25) is 4.98 Å². The molecule has 1 heterocycles. The minimum absolute atomic E-state index is 0.296. The number of aromatic nitrogens is 2. The molecule has 0 fully saturated rings. The largest absolute Gasteiger partial charge is 0.436 e. The Labute approximate surface area is 127 Å². The average Bonchev–Trinajstić information content (AvgIpc) is 2.50. The number of nitrogens with two attached hydrogens (primary N) is 1. The van der Waals surface area contributed by atoms with Gasteiger partial charge in [0, 0.05) is 0 Å². The topological polar surface area (TPSA) is 61.0 Å². The maximum atomic E-state index is 6.26. The molecule has 2 aromatic carbocycles. The SMILES string of the molecule is Nc1cncc(Oc2ccc(-c3ccccc3)cc2Cl)n1. The number of nitrogens with zero attached hydrogens (tertiary/aromatic N) is 2. The summed E-state index contributed by atoms with van der Waals surface area (Å²) in [5, 5.41) is 0.501. The van der Waals surface area contributed by atoms with Gasteiger partial charge in [0.15, 0.2) is 0 Å². The van der Waals surface area contributed by atoms with Gasteiger partial charge >= 0.3 is 0 Å². The molecule has 1 aromatic heterocycles. The van der Waals surface area contributed by atoms with E-state index in [0.29, 0.717) is 22.5 Å². The van der Waals surface area contributed by atoms with Crippen LogP contribution in [0.2, 0.25) is 5.02 Å². The minimum Gasteiger partial charge on any atom is -0.436 e. The Balaban J connectivity index is 1.88. The highest BCUT2D eigenvalue weighted by Gasteiger charge is 2.07. The van der Waals surface area contributed by atoms with Crippen molar-refractivity contribution in [3.63, 3.8) is 0 Å². The lowest BCUT2D eigenvalue weighted by Crippen LogP contribution is -1.95. The van der Waals surface area contributed by atoms with E-state index in [1.807, 2.05) is 42.5 Å². The maximum absolute atomic E-state index is 6.26. The van der Waals surface area contributed by atoms with Gasteiger partial charge in [-0.2, -0.15) is 4.98 Å². The van der Waals surface area contributed by atoms with Crippen molar-refractivity contribution in [3.05, 3.63) is 65.9 Å². The molecule has 0 aliphatic rings. The third kappa shape index (κ3) is 3.12. The highest BCUT2D eigenvalue weighted by molar-refractivity contribution is 6.32. The lowest BCUT2D eigenvalue weighted by Gasteiger charge is -2.08. The first-order valence-corrected chi connectivity index (χ1v) is 6.70. The van der Waals surface area contributed by atoms with Gasteiger partial charge in [0.25, 0.3) is 0 Å². The van der Waals surface area contributed by atoms with E-state index in [1.54, 1.807) is 6.07 Å². The molecule has 5 heteroatoms. The zero-order valence-electron chi connectivity index (χ0n) is 11.0. The summed E-state index contributed by atoms with van der Waals surface area (Å²) in [5.74, 6) is 1.12. The van der Waals surface area contributed by atoms with E-state index >= 15 is 0 Å². The van der Waals surface area contributed by atoms with Crippen molar-refractivity contribution in [2.75, 3.05) is 5.73 Å². The lowest BCUT2D eigenvalue weighted by molar-refractivity contribution is 0.461. The second-order valence-corrected chi connectivity index (χ2v) is 4.80. The molecule has 0 aliphatic heterocycles. The van der Waals surface area contributed by atoms with Gasteiger partial charge in [-0.1, -0.05) is 48.0 Å². The summed E-state index contributed by atoms with van der Waals surface area (Å²) in [6.45, 7) is 0. The summed E-state index contributed by atoms with van der Waals surface area (Å²) < 4.78 is 5.60. The summed E-state index contributed by atoms with van der Waals surface area (Å²) in [5.41, 5.74) is 7.68. The number of benzene rings is 2. The van der Waals surface area contributed by atoms with E-state index in [2.05, 4.69) is 9.97 Å². The number of hydrogen-bond acceptors (Lipinski definition) is 4. The Morgan fingerprint density at radius 3 is 2.48 bits per heavy atom. The molecule has 3 rings (SSSR count). The first kappa shape index (κ1) is 13.4. The third-order valence-corrected chi connectivity index (χ3v) is 3.18. The fourth-order valence-corrected chi connectivity index (χ4v) is 2.14. The zero-order valence-corrected chi connectivity index (χ0v) is 11.8. The molecular weight excluding hydrogens is 286 g/mol. The number of ether oxygens (including phenoxy) is 1. The van der Waals surface area contributed by atoms with E-state index < -0.39 is 0 Å². The van der Waals surface area contributed by atoms with Crippen LogP contribution in [-0.4, -0.2) is 9.97 Å². The molecule has 0 saturated heterocycles. The Morgan fingerprint density at radius 2 is 1.76 bits per heavy atom. The molecule has 0 atom stereocenters. The molecule has 104 valence electrons. The molecule has 2 N–H and O–H groups in total. The Kier molecular flexibility index (Phi) is 3.71. The fourth-order valence-electron chi connectivity index (χ4n) is 1.92. The molecule has 0 radical (unpaired) electrons. The second kappa shape index (κ2) is 5.81. The van der Waals surface area contributed by atoms with Crippen LogP contribution in [0.4, 0.5) is 5.82 Å². The van der Waals surface area contributed by atoms with E-state index in [0.717, 1.165) is 11.1 Å². The first-order chi connectivity index (χ1) is 10.2. The smallest absolute Gasteiger partial charge is 0.239 e. The molecule has 0 saturated carbocycles. The van der Waals surface area contributed by atoms with Crippen LogP contribution in [0.5, 0.6) is 11.6 Å². The fraction of sp³-hybridized carbons (Fsp3) is 0. The van der Waals surface area contributed by atoms with Crippen LogP contribution < -0.4 is 10.5 Å². The minimum atomic E-state index is 0.296. The van der Waals surface area contributed by atoms with Gasteiger partial charge in [-0.05, 0) is 23.3 Å². The quantitative estimate of drug-likeness (QED) is 0.788. The summed E-state index contributed by atoms with van der Waals surface area (Å²) in [6.07, 6.45) is 2.94. The van der Waals surface area contributed by atoms with Crippen LogP contribution in [0.25, 0.3) is 11.1 Å². The van der Waals surface area contributed by atoms with Crippen molar-refractivity contribution in [1.82, 2.24) is 9.97 Å². The second-order valence-electron chi connectivity index (χ2n) is 4.40. The monoisotopic (exact) mass is 297 g/mol. The zero-order chi connectivity index (χ0) is 14.7. The predicted molar refractivity (Wildman–Crippen MR) is 83.4 cm³/mol. The third-order valence-electron chi connectivity index (χ3n) is 2.88. The van der Waals surface area contributed by atoms with Crippen LogP contribution in [-0.2, 0) is 0 Å². The number of halogens is 1. The molecule has 4 nitrogen and oxygen atoms in total. The van der Waals surface area contributed by atoms with Crippen LogP contribution >= 0.6 is 11.6 Å². The van der Waals surface area contributed by atoms with Crippen molar-refractivity contribution in [2.24, 2.45) is 0 Å². The van der Waals surface area contributed by atoms with Gasteiger partial charge < -0.3 is 10.5 Å². The molecular formula is C16H12ClN3O. The van der Waals surface area contributed by atoms with Gasteiger partial charge in [0.2, 0.25) is 5.88 Å². The molecule has 0 amide bonds. The molecule has 0 bridgehead atoms. The molecule has 0 aliphatic carbocycles. The van der Waals surface area contributed by atoms with Crippen molar-refractivity contribution in [3.8, 4) is 22.8 Å². The normalized spacial score (nSPS) is 10.3. The van der Waals surface area contributed by atoms with Crippen LogP contribution in [0.3, 0.4) is 0 Å². The van der Waals surface area contributed by atoms with Crippen molar-refractivity contribution < 1.29 is 4.74 Å². The van der Waals surface area contributed by atoms with Crippen molar-refractivity contribution in [1.29, 1.82) is 0 Å². The van der Waals surface area contributed by atoms with Crippen LogP contribution in [0, 0.1) is 0 Å². The summed E-state index contributed by atoms with van der Waals surface area (Å²) in [7, 11) is 0. The highest BCUT2D eigenvalue weighted by atomic mass is 35.5. The van der Waals surface area contributed by atoms with E-state index in [-0.39, 0.29) is 0 Å². The molecule has 21 heavy (non-hydrogen) atoms. The molecule has 3 aromatic rings. The van der Waals surface area contributed by atoms with E-state index in [4.69, 9.17) is 22.1 Å². The predicted octanol–water partition coefficient (Wildman–Crippen LogP) is 4.17. The van der Waals surface area contributed by atoms with Gasteiger partial charge in [0.1, 0.15) is 11.6 Å². The van der Waals surface area contributed by atoms with E-state index in [1.165, 1.54) is 12.4 Å². The molecule has 0 spiro atoms. The highest BCUT2D eigenvalue weighted by Crippen LogP contribution is 2.32.